The van der Waals surface area contributed by atoms with Gasteiger partial charge in [-0.2, -0.15) is 60.7 Å². The van der Waals surface area contributed by atoms with Crippen molar-refractivity contribution in [3.63, 3.8) is 0 Å². The molecule has 0 N–H and O–H groups in total. The van der Waals surface area contributed by atoms with Crippen LogP contribution in [0.2, 0.25) is 0 Å². The summed E-state index contributed by atoms with van der Waals surface area (Å²) in [5, 5.41) is 0. The van der Waals surface area contributed by atoms with E-state index in [0.717, 1.165) is 12.1 Å². The molecule has 0 saturated heterocycles. The molecule has 0 radical (unpaired) electrons. The van der Waals surface area contributed by atoms with E-state index in [-0.39, 0.29) is 12.1 Å². The van der Waals surface area contributed by atoms with Gasteiger partial charge in [-0.3, -0.25) is 13.6 Å². The Bertz CT molecular complexity index is 1330. The van der Waals surface area contributed by atoms with Crippen molar-refractivity contribution in [2.24, 2.45) is 0 Å². The van der Waals surface area contributed by atoms with Crippen molar-refractivity contribution < 1.29 is 82.7 Å². The molecule has 22 heteroatoms. The second-order valence-electron chi connectivity index (χ2n) is 7.05. The van der Waals surface area contributed by atoms with E-state index in [2.05, 4.69) is 17.4 Å². The van der Waals surface area contributed by atoms with Gasteiger partial charge in [0, 0.05) is 0 Å². The lowest BCUT2D eigenvalue weighted by atomic mass is 10.1. The Kier molecular flexibility index (Phi) is 10.1. The highest BCUT2D eigenvalue weighted by Crippen LogP contribution is 2.47. The first-order valence-electron chi connectivity index (χ1n) is 9.72. The van der Waals surface area contributed by atoms with Gasteiger partial charge in [-0.15, -0.1) is 0 Å². The van der Waals surface area contributed by atoms with Crippen molar-refractivity contribution in [1.29, 1.82) is 0 Å². The first-order chi connectivity index (χ1) is 18.1. The molecule has 226 valence electrons. The molecule has 2 aromatic carbocycles. The summed E-state index contributed by atoms with van der Waals surface area (Å²) in [5.41, 5.74) is -4.03. The molecule has 0 fully saturated rings. The second-order valence-corrected chi connectivity index (χ2v) is 11.3. The SMILES string of the molecule is O=[PH](OCOS(=O)(=O)c1ccccc1C(F)(F)C(F)(F)F)OCOS(=O)(=O)c1ccccc1C(F)(F)C(F)(F)F. The standard InChI is InChI=1S/C18H13F10O9PS2/c19-15(20,17(23,24)25)11-5-1-3-7-13(11)39(30,31)36-9-34-38(29)35-10-37-40(32,33)14-8-4-2-6-12(14)16(21,22)18(26,27)28/h1-8,38H,9-10H2. The van der Waals surface area contributed by atoms with Crippen LogP contribution < -0.4 is 0 Å². The van der Waals surface area contributed by atoms with Gasteiger partial charge in [-0.25, -0.2) is 8.37 Å². The fourth-order valence-corrected chi connectivity index (χ4v) is 5.22. The fraction of sp³-hybridized carbons (Fsp3) is 0.333. The van der Waals surface area contributed by atoms with E-state index in [0.29, 0.717) is 24.3 Å². The summed E-state index contributed by atoms with van der Waals surface area (Å²) in [7, 11) is -14.8. The monoisotopic (exact) mass is 658 g/mol. The largest absolute Gasteiger partial charge is 0.458 e. The fourth-order valence-electron chi connectivity index (χ4n) is 2.63. The van der Waals surface area contributed by atoms with Gasteiger partial charge in [-0.1, -0.05) is 36.4 Å². The van der Waals surface area contributed by atoms with Crippen LogP contribution in [0, 0.1) is 0 Å². The van der Waals surface area contributed by atoms with Crippen LogP contribution in [0.4, 0.5) is 43.9 Å². The topological polar surface area (TPSA) is 122 Å². The van der Waals surface area contributed by atoms with E-state index in [9.17, 15) is 65.3 Å². The molecule has 0 aliphatic carbocycles. The Morgan fingerprint density at radius 1 is 0.575 bits per heavy atom. The number of alkyl halides is 10. The summed E-state index contributed by atoms with van der Waals surface area (Å²) in [6, 6.07) is 3.88. The second kappa shape index (κ2) is 11.9. The molecule has 0 bridgehead atoms. The highest BCUT2D eigenvalue weighted by atomic mass is 32.2. The Labute approximate surface area is 218 Å². The van der Waals surface area contributed by atoms with Crippen molar-refractivity contribution in [2.75, 3.05) is 13.6 Å². The van der Waals surface area contributed by atoms with Crippen LogP contribution in [-0.2, 0) is 54.1 Å². The summed E-state index contributed by atoms with van der Waals surface area (Å²) >= 11 is 0. The smallest absolute Gasteiger partial charge is 0.282 e. The van der Waals surface area contributed by atoms with Crippen LogP contribution in [0.5, 0.6) is 0 Å². The van der Waals surface area contributed by atoms with Crippen molar-refractivity contribution in [2.45, 2.75) is 34.0 Å². The molecular weight excluding hydrogens is 645 g/mol. The molecular formula is C18H13F10O9PS2. The number of hydrogen-bond acceptors (Lipinski definition) is 9. The van der Waals surface area contributed by atoms with Crippen LogP contribution in [0.25, 0.3) is 0 Å². The average Bonchev–Trinajstić information content (AvgIpc) is 2.82. The van der Waals surface area contributed by atoms with E-state index in [4.69, 9.17) is 0 Å². The molecule has 2 rings (SSSR count). The van der Waals surface area contributed by atoms with Crippen LogP contribution in [0.15, 0.2) is 58.3 Å². The zero-order valence-electron chi connectivity index (χ0n) is 18.8. The summed E-state index contributed by atoms with van der Waals surface area (Å²) in [5.74, 6) is -11.3. The zero-order chi connectivity index (χ0) is 30.8. The Balaban J connectivity index is 2.04. The molecule has 0 unspecified atom stereocenters. The summed E-state index contributed by atoms with van der Waals surface area (Å²) < 4.78 is 208. The maximum atomic E-state index is 13.7. The minimum atomic E-state index is -6.20. The first-order valence-corrected chi connectivity index (χ1v) is 13.8. The predicted molar refractivity (Wildman–Crippen MR) is 110 cm³/mol. The predicted octanol–water partition coefficient (Wildman–Crippen LogP) is 5.44. The third kappa shape index (κ3) is 7.51. The third-order valence-electron chi connectivity index (χ3n) is 4.46. The lowest BCUT2D eigenvalue weighted by Gasteiger charge is -2.22. The first kappa shape index (κ1) is 33.9. The highest BCUT2D eigenvalue weighted by Gasteiger charge is 2.61. The Morgan fingerprint density at radius 2 is 0.875 bits per heavy atom. The van der Waals surface area contributed by atoms with Gasteiger partial charge < -0.3 is 0 Å². The highest BCUT2D eigenvalue weighted by molar-refractivity contribution is 7.87. The van der Waals surface area contributed by atoms with Gasteiger partial charge in [0.25, 0.3) is 20.2 Å². The molecule has 0 aliphatic rings. The molecule has 9 nitrogen and oxygen atoms in total. The lowest BCUT2D eigenvalue weighted by molar-refractivity contribution is -0.290. The van der Waals surface area contributed by atoms with E-state index >= 15 is 0 Å². The maximum Gasteiger partial charge on any atom is 0.458 e. The van der Waals surface area contributed by atoms with E-state index in [1.54, 1.807) is 0 Å². The van der Waals surface area contributed by atoms with E-state index in [1.165, 1.54) is 0 Å². The molecule has 0 amide bonds. The van der Waals surface area contributed by atoms with E-state index in [1.807, 2.05) is 0 Å². The van der Waals surface area contributed by atoms with E-state index < -0.39 is 87.2 Å². The quantitative estimate of drug-likeness (QED) is 0.127. The summed E-state index contributed by atoms with van der Waals surface area (Å²) in [4.78, 5) is -3.27. The summed E-state index contributed by atoms with van der Waals surface area (Å²) in [6.07, 6.45) is -12.4. The molecule has 0 heterocycles. The molecule has 0 aromatic heterocycles. The maximum absolute atomic E-state index is 13.7. The molecule has 2 aromatic rings. The van der Waals surface area contributed by atoms with Gasteiger partial charge in [0.15, 0.2) is 13.6 Å². The van der Waals surface area contributed by atoms with Gasteiger partial charge in [0.2, 0.25) is 0 Å². The minimum absolute atomic E-state index is 0.150. The normalized spacial score (nSPS) is 14.1. The number of hydrogen-bond donors (Lipinski definition) is 0. The number of rotatable bonds is 12. The van der Waals surface area contributed by atoms with Gasteiger partial charge in [0.1, 0.15) is 9.79 Å². The zero-order valence-corrected chi connectivity index (χ0v) is 21.4. The van der Waals surface area contributed by atoms with Crippen LogP contribution in [0.1, 0.15) is 11.1 Å². The molecule has 0 atom stereocenters. The molecule has 0 aliphatic heterocycles. The van der Waals surface area contributed by atoms with Crippen molar-refractivity contribution in [1.82, 2.24) is 0 Å². The minimum Gasteiger partial charge on any atom is -0.282 e. The van der Waals surface area contributed by atoms with Crippen molar-refractivity contribution in [3.8, 4) is 0 Å². The molecule has 40 heavy (non-hydrogen) atoms. The van der Waals surface area contributed by atoms with Crippen molar-refractivity contribution >= 4 is 28.5 Å². The Morgan fingerprint density at radius 3 is 1.18 bits per heavy atom. The lowest BCUT2D eigenvalue weighted by Crippen LogP contribution is -2.35. The number of halogens is 10. The number of benzene rings is 2. The van der Waals surface area contributed by atoms with Gasteiger partial charge >= 0.3 is 32.5 Å². The Hall–Kier alpha value is -2.29. The molecule has 0 saturated carbocycles. The van der Waals surface area contributed by atoms with Crippen molar-refractivity contribution in [3.05, 3.63) is 59.7 Å². The average molecular weight is 658 g/mol. The van der Waals surface area contributed by atoms with Crippen LogP contribution in [-0.4, -0.2) is 42.8 Å². The third-order valence-corrected chi connectivity index (χ3v) is 7.77. The van der Waals surface area contributed by atoms with Gasteiger partial charge in [-0.05, 0) is 12.1 Å². The van der Waals surface area contributed by atoms with Crippen LogP contribution in [0.3, 0.4) is 0 Å². The summed E-state index contributed by atoms with van der Waals surface area (Å²) in [6.45, 7) is -3.28. The molecule has 0 spiro atoms. The van der Waals surface area contributed by atoms with Crippen LogP contribution >= 0.6 is 8.25 Å². The van der Waals surface area contributed by atoms with Gasteiger partial charge in [0.05, 0.1) is 11.1 Å².